The summed E-state index contributed by atoms with van der Waals surface area (Å²) in [5.41, 5.74) is 0.0843. The van der Waals surface area contributed by atoms with Crippen molar-refractivity contribution < 1.29 is 13.6 Å². The third kappa shape index (κ3) is 2.43. The van der Waals surface area contributed by atoms with Crippen LogP contribution in [0.4, 0.5) is 13.9 Å². The van der Waals surface area contributed by atoms with Gasteiger partial charge >= 0.3 is 0 Å². The van der Waals surface area contributed by atoms with Crippen LogP contribution in [0.3, 0.4) is 0 Å². The fourth-order valence-electron chi connectivity index (χ4n) is 2.11. The van der Waals surface area contributed by atoms with E-state index in [9.17, 15) is 13.6 Å². The molecule has 2 heterocycles. The molecule has 0 saturated carbocycles. The van der Waals surface area contributed by atoms with Gasteiger partial charge in [-0.3, -0.25) is 4.79 Å². The summed E-state index contributed by atoms with van der Waals surface area (Å²) in [7, 11) is 0. The number of nitrogens with zero attached hydrogens (tertiary/aromatic N) is 1. The van der Waals surface area contributed by atoms with Crippen molar-refractivity contribution in [2.24, 2.45) is 0 Å². The third-order valence-corrected chi connectivity index (χ3v) is 3.94. The van der Waals surface area contributed by atoms with Gasteiger partial charge < -0.3 is 10.6 Å². The minimum Gasteiger partial charge on any atom is -0.306 e. The maximum Gasteiger partial charge on any atom is 0.243 e. The molecular formula is C12H11F2N3OS. The molecular weight excluding hydrogens is 272 g/mol. The Balaban J connectivity index is 1.85. The predicted molar refractivity (Wildman–Crippen MR) is 69.2 cm³/mol. The summed E-state index contributed by atoms with van der Waals surface area (Å²) in [5, 5.41) is 5.99. The average molecular weight is 283 g/mol. The minimum atomic E-state index is -0.717. The average Bonchev–Trinajstić information content (AvgIpc) is 2.96. The summed E-state index contributed by atoms with van der Waals surface area (Å²) >= 11 is 1.06. The van der Waals surface area contributed by atoms with E-state index in [1.54, 1.807) is 0 Å². The van der Waals surface area contributed by atoms with Crippen molar-refractivity contribution in [3.8, 4) is 0 Å². The highest BCUT2D eigenvalue weighted by Gasteiger charge is 2.23. The number of rotatable bonds is 2. The van der Waals surface area contributed by atoms with Crippen LogP contribution in [0.15, 0.2) is 12.1 Å². The lowest BCUT2D eigenvalue weighted by Gasteiger charge is -2.08. The van der Waals surface area contributed by atoms with Crippen LogP contribution in [0.25, 0.3) is 10.2 Å². The van der Waals surface area contributed by atoms with Crippen molar-refractivity contribution in [1.82, 2.24) is 10.3 Å². The first-order valence-corrected chi connectivity index (χ1v) is 6.75. The number of nitrogens with one attached hydrogen (secondary N) is 2. The van der Waals surface area contributed by atoms with Gasteiger partial charge in [0.05, 0.1) is 10.7 Å². The number of fused-ring (bicyclic) bond motifs is 1. The standard InChI is InChI=1S/C12H11F2N3OS/c13-6-4-7(14)10-9(5-6)19-12(16-10)17-11(18)8-2-1-3-15-8/h4-5,8,15H,1-3H2,(H,16,17,18). The quantitative estimate of drug-likeness (QED) is 0.889. The lowest BCUT2D eigenvalue weighted by atomic mass is 10.2. The van der Waals surface area contributed by atoms with Gasteiger partial charge in [-0.2, -0.15) is 0 Å². The molecule has 1 aromatic heterocycles. The largest absolute Gasteiger partial charge is 0.306 e. The van der Waals surface area contributed by atoms with Gasteiger partial charge in [-0.15, -0.1) is 0 Å². The predicted octanol–water partition coefficient (Wildman–Crippen LogP) is 2.26. The zero-order valence-corrected chi connectivity index (χ0v) is 10.7. The number of amides is 1. The maximum atomic E-state index is 13.5. The molecule has 1 fully saturated rings. The molecule has 1 atom stereocenters. The Morgan fingerprint density at radius 2 is 2.32 bits per heavy atom. The highest BCUT2D eigenvalue weighted by molar-refractivity contribution is 7.22. The number of anilines is 1. The topological polar surface area (TPSA) is 54.0 Å². The first-order valence-electron chi connectivity index (χ1n) is 5.93. The molecule has 2 N–H and O–H groups in total. The molecule has 0 spiro atoms. The zero-order chi connectivity index (χ0) is 13.4. The Labute approximate surface area is 111 Å². The van der Waals surface area contributed by atoms with Crippen molar-refractivity contribution in [3.63, 3.8) is 0 Å². The van der Waals surface area contributed by atoms with Crippen molar-refractivity contribution >= 4 is 32.6 Å². The summed E-state index contributed by atoms with van der Waals surface area (Å²) in [6.45, 7) is 0.817. The second kappa shape index (κ2) is 4.82. The number of halogens is 2. The molecule has 2 aromatic rings. The smallest absolute Gasteiger partial charge is 0.243 e. The SMILES string of the molecule is O=C(Nc1nc2c(F)cc(F)cc2s1)C1CCCN1. The lowest BCUT2D eigenvalue weighted by Crippen LogP contribution is -2.35. The molecule has 1 amide bonds. The fourth-order valence-corrected chi connectivity index (χ4v) is 3.02. The molecule has 4 nitrogen and oxygen atoms in total. The highest BCUT2D eigenvalue weighted by atomic mass is 32.1. The van der Waals surface area contributed by atoms with Gasteiger partial charge in [-0.1, -0.05) is 11.3 Å². The van der Waals surface area contributed by atoms with Crippen molar-refractivity contribution in [3.05, 3.63) is 23.8 Å². The van der Waals surface area contributed by atoms with Gasteiger partial charge in [0.15, 0.2) is 10.9 Å². The van der Waals surface area contributed by atoms with E-state index < -0.39 is 11.6 Å². The number of hydrogen-bond donors (Lipinski definition) is 2. The van der Waals surface area contributed by atoms with Crippen LogP contribution < -0.4 is 10.6 Å². The van der Waals surface area contributed by atoms with E-state index in [-0.39, 0.29) is 22.6 Å². The summed E-state index contributed by atoms with van der Waals surface area (Å²) in [4.78, 5) is 15.9. The monoisotopic (exact) mass is 283 g/mol. The second-order valence-corrected chi connectivity index (χ2v) is 5.42. The van der Waals surface area contributed by atoms with Crippen molar-refractivity contribution in [2.75, 3.05) is 11.9 Å². The van der Waals surface area contributed by atoms with Crippen LogP contribution in [0.1, 0.15) is 12.8 Å². The van der Waals surface area contributed by atoms with E-state index in [0.717, 1.165) is 36.8 Å². The van der Waals surface area contributed by atoms with E-state index >= 15 is 0 Å². The molecule has 1 aromatic carbocycles. The third-order valence-electron chi connectivity index (χ3n) is 3.02. The molecule has 1 unspecified atom stereocenters. The molecule has 0 radical (unpaired) electrons. The number of carbonyl (C=O) groups excluding carboxylic acids is 1. The first-order chi connectivity index (χ1) is 9.13. The molecule has 19 heavy (non-hydrogen) atoms. The Bertz CT molecular complexity index is 637. The van der Waals surface area contributed by atoms with Crippen LogP contribution in [0, 0.1) is 11.6 Å². The Morgan fingerprint density at radius 1 is 1.47 bits per heavy atom. The van der Waals surface area contributed by atoms with Gasteiger partial charge in [0.25, 0.3) is 0 Å². The number of thiazole rings is 1. The zero-order valence-electron chi connectivity index (χ0n) is 9.87. The highest BCUT2D eigenvalue weighted by Crippen LogP contribution is 2.28. The summed E-state index contributed by atoms with van der Waals surface area (Å²) < 4.78 is 26.9. The van der Waals surface area contributed by atoms with E-state index in [0.29, 0.717) is 4.70 Å². The molecule has 1 aliphatic rings. The van der Waals surface area contributed by atoms with E-state index in [1.165, 1.54) is 6.07 Å². The van der Waals surface area contributed by atoms with Crippen LogP contribution >= 0.6 is 11.3 Å². The fraction of sp³-hybridized carbons (Fsp3) is 0.333. The van der Waals surface area contributed by atoms with Crippen LogP contribution in [0.5, 0.6) is 0 Å². The van der Waals surface area contributed by atoms with Crippen molar-refractivity contribution in [1.29, 1.82) is 0 Å². The van der Waals surface area contributed by atoms with Crippen LogP contribution in [-0.4, -0.2) is 23.5 Å². The summed E-state index contributed by atoms with van der Waals surface area (Å²) in [6.07, 6.45) is 1.73. The normalized spacial score (nSPS) is 18.9. The van der Waals surface area contributed by atoms with Crippen LogP contribution in [-0.2, 0) is 4.79 Å². The lowest BCUT2D eigenvalue weighted by molar-refractivity contribution is -0.117. The molecule has 100 valence electrons. The summed E-state index contributed by atoms with van der Waals surface area (Å²) in [5.74, 6) is -1.55. The number of carbonyl (C=O) groups is 1. The Morgan fingerprint density at radius 3 is 3.05 bits per heavy atom. The molecule has 1 saturated heterocycles. The van der Waals surface area contributed by atoms with Gasteiger partial charge in [0.2, 0.25) is 5.91 Å². The van der Waals surface area contributed by atoms with E-state index in [4.69, 9.17) is 0 Å². The minimum absolute atomic E-state index is 0.0843. The summed E-state index contributed by atoms with van der Waals surface area (Å²) in [6, 6.07) is 1.76. The van der Waals surface area contributed by atoms with Gasteiger partial charge in [0.1, 0.15) is 11.3 Å². The van der Waals surface area contributed by atoms with Gasteiger partial charge in [-0.05, 0) is 25.5 Å². The van der Waals surface area contributed by atoms with Gasteiger partial charge in [-0.25, -0.2) is 13.8 Å². The number of hydrogen-bond acceptors (Lipinski definition) is 4. The van der Waals surface area contributed by atoms with E-state index in [2.05, 4.69) is 15.6 Å². The number of aromatic nitrogens is 1. The molecule has 3 rings (SSSR count). The van der Waals surface area contributed by atoms with Gasteiger partial charge in [0, 0.05) is 6.07 Å². The first kappa shape index (κ1) is 12.4. The molecule has 0 aliphatic carbocycles. The van der Waals surface area contributed by atoms with E-state index in [1.807, 2.05) is 0 Å². The van der Waals surface area contributed by atoms with Crippen molar-refractivity contribution in [2.45, 2.75) is 18.9 Å². The van der Waals surface area contributed by atoms with Crippen LogP contribution in [0.2, 0.25) is 0 Å². The Hall–Kier alpha value is -1.60. The number of benzene rings is 1. The maximum absolute atomic E-state index is 13.5. The second-order valence-electron chi connectivity index (χ2n) is 4.39. The molecule has 0 bridgehead atoms. The molecule has 7 heteroatoms. The Kier molecular flexibility index (Phi) is 3.16. The molecule has 1 aliphatic heterocycles.